The van der Waals surface area contributed by atoms with Crippen molar-refractivity contribution < 1.29 is 9.18 Å². The van der Waals surface area contributed by atoms with Gasteiger partial charge >= 0.3 is 0 Å². The van der Waals surface area contributed by atoms with Crippen LogP contribution in [0.25, 0.3) is 0 Å². The first kappa shape index (κ1) is 12.5. The number of hydrogen-bond acceptors (Lipinski definition) is 2. The molecule has 1 aliphatic heterocycles. The van der Waals surface area contributed by atoms with Gasteiger partial charge in [-0.3, -0.25) is 4.79 Å². The van der Waals surface area contributed by atoms with E-state index < -0.39 is 5.82 Å². The minimum absolute atomic E-state index is 0.0916. The van der Waals surface area contributed by atoms with Gasteiger partial charge in [0.25, 0.3) is 5.91 Å². The Morgan fingerprint density at radius 1 is 1.59 bits per heavy atom. The first-order valence-corrected chi connectivity index (χ1v) is 6.30. The number of nitrogens with zero attached hydrogens (tertiary/aromatic N) is 1. The van der Waals surface area contributed by atoms with E-state index in [4.69, 9.17) is 0 Å². The summed E-state index contributed by atoms with van der Waals surface area (Å²) in [5.41, 5.74) is 0.0916. The standard InChI is InChI=1S/C12H14BrFN2O/c1-16-6-5-8(7-16)15-12(17)9-3-2-4-10(13)11(9)14/h2-4,8H,5-7H2,1H3,(H,15,17). The Balaban J connectivity index is 2.07. The van der Waals surface area contributed by atoms with Crippen molar-refractivity contribution in [2.45, 2.75) is 12.5 Å². The average Bonchev–Trinajstić information content (AvgIpc) is 2.68. The van der Waals surface area contributed by atoms with Crippen molar-refractivity contribution in [3.8, 4) is 0 Å². The monoisotopic (exact) mass is 300 g/mol. The molecule has 1 aliphatic rings. The zero-order valence-electron chi connectivity index (χ0n) is 9.54. The van der Waals surface area contributed by atoms with Gasteiger partial charge in [0.05, 0.1) is 10.0 Å². The normalized spacial score (nSPS) is 20.5. The second-order valence-corrected chi connectivity index (χ2v) is 5.18. The summed E-state index contributed by atoms with van der Waals surface area (Å²) in [6.45, 7) is 1.78. The summed E-state index contributed by atoms with van der Waals surface area (Å²) in [5.74, 6) is -0.847. The van der Waals surface area contributed by atoms with E-state index in [9.17, 15) is 9.18 Å². The molecule has 17 heavy (non-hydrogen) atoms. The Labute approximate surface area is 108 Å². The van der Waals surface area contributed by atoms with Crippen LogP contribution in [-0.2, 0) is 0 Å². The molecule has 0 bridgehead atoms. The molecule has 1 aromatic carbocycles. The molecule has 1 unspecified atom stereocenters. The van der Waals surface area contributed by atoms with Crippen molar-refractivity contribution in [2.24, 2.45) is 0 Å². The number of carbonyl (C=O) groups excluding carboxylic acids is 1. The molecule has 1 aromatic rings. The number of likely N-dealkylation sites (N-methyl/N-ethyl adjacent to an activating group) is 1. The van der Waals surface area contributed by atoms with Crippen molar-refractivity contribution in [2.75, 3.05) is 20.1 Å². The van der Waals surface area contributed by atoms with E-state index in [0.29, 0.717) is 4.47 Å². The van der Waals surface area contributed by atoms with Crippen LogP contribution in [-0.4, -0.2) is 37.0 Å². The van der Waals surface area contributed by atoms with Crippen LogP contribution < -0.4 is 5.32 Å². The van der Waals surface area contributed by atoms with Crippen LogP contribution in [0.5, 0.6) is 0 Å². The molecular formula is C12H14BrFN2O. The minimum atomic E-state index is -0.503. The smallest absolute Gasteiger partial charge is 0.254 e. The lowest BCUT2D eigenvalue weighted by Crippen LogP contribution is -2.36. The van der Waals surface area contributed by atoms with Gasteiger partial charge in [-0.05, 0) is 48.1 Å². The van der Waals surface area contributed by atoms with Gasteiger partial charge in [0.15, 0.2) is 0 Å². The number of halogens is 2. The molecular weight excluding hydrogens is 287 g/mol. The van der Waals surface area contributed by atoms with Gasteiger partial charge in [-0.15, -0.1) is 0 Å². The predicted octanol–water partition coefficient (Wildman–Crippen LogP) is 2.02. The van der Waals surface area contributed by atoms with Crippen molar-refractivity contribution in [1.82, 2.24) is 10.2 Å². The first-order valence-electron chi connectivity index (χ1n) is 5.51. The fourth-order valence-corrected chi connectivity index (χ4v) is 2.36. The first-order chi connectivity index (χ1) is 8.08. The maximum absolute atomic E-state index is 13.7. The molecule has 0 aromatic heterocycles. The third-order valence-electron chi connectivity index (χ3n) is 2.92. The van der Waals surface area contributed by atoms with Crippen molar-refractivity contribution in [1.29, 1.82) is 0 Å². The van der Waals surface area contributed by atoms with Gasteiger partial charge in [-0.1, -0.05) is 6.07 Å². The van der Waals surface area contributed by atoms with E-state index in [2.05, 4.69) is 26.1 Å². The summed E-state index contributed by atoms with van der Waals surface area (Å²) >= 11 is 3.07. The summed E-state index contributed by atoms with van der Waals surface area (Å²) in [6.07, 6.45) is 0.915. The van der Waals surface area contributed by atoms with E-state index in [1.54, 1.807) is 12.1 Å². The maximum atomic E-state index is 13.7. The van der Waals surface area contributed by atoms with Crippen LogP contribution in [0, 0.1) is 5.82 Å². The van der Waals surface area contributed by atoms with E-state index >= 15 is 0 Å². The molecule has 3 nitrogen and oxygen atoms in total. The van der Waals surface area contributed by atoms with Crippen LogP contribution in [0.2, 0.25) is 0 Å². The number of carbonyl (C=O) groups is 1. The van der Waals surface area contributed by atoms with Crippen molar-refractivity contribution in [3.05, 3.63) is 34.1 Å². The molecule has 1 heterocycles. The lowest BCUT2D eigenvalue weighted by Gasteiger charge is -2.13. The Hall–Kier alpha value is -0.940. The van der Waals surface area contributed by atoms with Crippen LogP contribution in [0.4, 0.5) is 4.39 Å². The molecule has 5 heteroatoms. The summed E-state index contributed by atoms with van der Waals surface area (Å²) in [4.78, 5) is 14.0. The van der Waals surface area contributed by atoms with E-state index in [0.717, 1.165) is 19.5 Å². The van der Waals surface area contributed by atoms with Crippen molar-refractivity contribution in [3.63, 3.8) is 0 Å². The lowest BCUT2D eigenvalue weighted by atomic mass is 10.1. The number of amides is 1. The molecule has 1 fully saturated rings. The zero-order chi connectivity index (χ0) is 12.4. The van der Waals surface area contributed by atoms with Crippen LogP contribution in [0.3, 0.4) is 0 Å². The van der Waals surface area contributed by atoms with Crippen LogP contribution >= 0.6 is 15.9 Å². The van der Waals surface area contributed by atoms with Gasteiger partial charge in [-0.25, -0.2) is 4.39 Å². The second kappa shape index (κ2) is 5.14. The third kappa shape index (κ3) is 2.84. The highest BCUT2D eigenvalue weighted by Crippen LogP contribution is 2.19. The van der Waals surface area contributed by atoms with Gasteiger partial charge in [0.1, 0.15) is 5.82 Å². The Kier molecular flexibility index (Phi) is 3.79. The molecule has 1 amide bonds. The fraction of sp³-hybridized carbons (Fsp3) is 0.417. The number of likely N-dealkylation sites (tertiary alicyclic amines) is 1. The largest absolute Gasteiger partial charge is 0.348 e. The fourth-order valence-electron chi connectivity index (χ4n) is 2.00. The van der Waals surface area contributed by atoms with Crippen LogP contribution in [0.15, 0.2) is 22.7 Å². The summed E-state index contributed by atoms with van der Waals surface area (Å²) in [5, 5.41) is 2.85. The predicted molar refractivity (Wildman–Crippen MR) is 67.5 cm³/mol. The summed E-state index contributed by atoms with van der Waals surface area (Å²) in [6, 6.07) is 4.85. The Morgan fingerprint density at radius 3 is 3.00 bits per heavy atom. The molecule has 1 saturated heterocycles. The Morgan fingerprint density at radius 2 is 2.35 bits per heavy atom. The number of hydrogen-bond donors (Lipinski definition) is 1. The van der Waals surface area contributed by atoms with E-state index in [-0.39, 0.29) is 17.5 Å². The van der Waals surface area contributed by atoms with Crippen LogP contribution in [0.1, 0.15) is 16.8 Å². The van der Waals surface area contributed by atoms with Gasteiger partial charge in [-0.2, -0.15) is 0 Å². The van der Waals surface area contributed by atoms with Gasteiger partial charge in [0, 0.05) is 12.6 Å². The molecule has 1 atom stereocenters. The number of rotatable bonds is 2. The second-order valence-electron chi connectivity index (χ2n) is 4.32. The van der Waals surface area contributed by atoms with E-state index in [1.165, 1.54) is 6.07 Å². The maximum Gasteiger partial charge on any atom is 0.254 e. The van der Waals surface area contributed by atoms with Gasteiger partial charge in [0.2, 0.25) is 0 Å². The average molecular weight is 301 g/mol. The summed E-state index contributed by atoms with van der Waals surface area (Å²) < 4.78 is 14.0. The topological polar surface area (TPSA) is 32.3 Å². The molecule has 2 rings (SSSR count). The highest BCUT2D eigenvalue weighted by Gasteiger charge is 2.23. The minimum Gasteiger partial charge on any atom is -0.348 e. The highest BCUT2D eigenvalue weighted by molar-refractivity contribution is 9.10. The lowest BCUT2D eigenvalue weighted by molar-refractivity contribution is 0.0934. The molecule has 1 N–H and O–H groups in total. The summed E-state index contributed by atoms with van der Waals surface area (Å²) in [7, 11) is 2.01. The molecule has 0 saturated carbocycles. The molecule has 0 radical (unpaired) electrons. The Bertz CT molecular complexity index is 439. The highest BCUT2D eigenvalue weighted by atomic mass is 79.9. The zero-order valence-corrected chi connectivity index (χ0v) is 11.1. The molecule has 0 spiro atoms. The van der Waals surface area contributed by atoms with Gasteiger partial charge < -0.3 is 10.2 Å². The van der Waals surface area contributed by atoms with E-state index in [1.807, 2.05) is 7.05 Å². The third-order valence-corrected chi connectivity index (χ3v) is 3.54. The molecule has 0 aliphatic carbocycles. The SMILES string of the molecule is CN1CCC(NC(=O)c2cccc(Br)c2F)C1. The number of nitrogens with one attached hydrogen (secondary N) is 1. The number of benzene rings is 1. The molecule has 92 valence electrons. The quantitative estimate of drug-likeness (QED) is 0.906. The van der Waals surface area contributed by atoms with Crippen molar-refractivity contribution >= 4 is 21.8 Å².